The second kappa shape index (κ2) is 8.00. The van der Waals surface area contributed by atoms with E-state index >= 15 is 0 Å². The van der Waals surface area contributed by atoms with E-state index < -0.39 is 29.2 Å². The molecule has 2 amide bonds. The maximum Gasteiger partial charge on any atom is 0.353 e. The lowest BCUT2D eigenvalue weighted by Gasteiger charge is -2.49. The third-order valence-corrected chi connectivity index (χ3v) is 6.75. The average molecular weight is 468 g/mol. The summed E-state index contributed by atoms with van der Waals surface area (Å²) in [5, 5.41) is 22.7. The number of anilines is 1. The lowest BCUT2D eigenvalue weighted by molar-refractivity contribution is -0.149. The fourth-order valence-electron chi connectivity index (χ4n) is 3.01. The fraction of sp³-hybridized carbons (Fsp3) is 0.267. The predicted molar refractivity (Wildman–Crippen MR) is 110 cm³/mol. The topological polar surface area (TPSA) is 173 Å². The molecule has 2 aromatic heterocycles. The minimum absolute atomic E-state index is 0.138. The zero-order chi connectivity index (χ0) is 21.4. The Morgan fingerprint density at radius 3 is 2.83 bits per heavy atom. The quantitative estimate of drug-likeness (QED) is 0.294. The summed E-state index contributed by atoms with van der Waals surface area (Å²) in [5.74, 6) is -2.18. The smallest absolute Gasteiger partial charge is 0.353 e. The number of thioether (sulfide) groups is 1. The van der Waals surface area contributed by atoms with Crippen LogP contribution >= 0.6 is 34.6 Å². The van der Waals surface area contributed by atoms with Gasteiger partial charge in [0.15, 0.2) is 10.8 Å². The van der Waals surface area contributed by atoms with Crippen molar-refractivity contribution in [3.63, 3.8) is 0 Å². The zero-order valence-electron chi connectivity index (χ0n) is 15.1. The molecule has 12 nitrogen and oxygen atoms in total. The summed E-state index contributed by atoms with van der Waals surface area (Å²) in [6.45, 7) is 0. The number of amides is 2. The van der Waals surface area contributed by atoms with Crippen LogP contribution in [0.4, 0.5) is 5.13 Å². The standard InChI is InChI=1S/C15H13N7O5S3/c1-27-20-8(7-3-29-15(16)17-7)11(23)18-9-12(24)22-10(14(25)26)5(2-28-13(9)22)6-4-30-21-19-6/h3-4,9,13H,2H2,1H3,(H2,16,17)(H,18,23)(H,25,26)/t9-,13+/m1/s1. The number of thiazole rings is 1. The number of rotatable bonds is 6. The Hall–Kier alpha value is -3.04. The summed E-state index contributed by atoms with van der Waals surface area (Å²) in [6.07, 6.45) is 0. The van der Waals surface area contributed by atoms with Crippen molar-refractivity contribution in [1.29, 1.82) is 0 Å². The molecule has 30 heavy (non-hydrogen) atoms. The summed E-state index contributed by atoms with van der Waals surface area (Å²) in [6, 6.07) is -0.926. The molecule has 156 valence electrons. The molecule has 15 heteroatoms. The van der Waals surface area contributed by atoms with Crippen LogP contribution < -0.4 is 11.1 Å². The van der Waals surface area contributed by atoms with Crippen molar-refractivity contribution in [2.45, 2.75) is 11.4 Å². The number of nitrogen functional groups attached to an aromatic ring is 1. The van der Waals surface area contributed by atoms with Crippen molar-refractivity contribution < 1.29 is 24.3 Å². The molecule has 0 bridgehead atoms. The van der Waals surface area contributed by atoms with Crippen LogP contribution in [0.15, 0.2) is 21.6 Å². The number of carbonyl (C=O) groups excluding carboxylic acids is 2. The van der Waals surface area contributed by atoms with Gasteiger partial charge in [0.1, 0.15) is 35.6 Å². The SMILES string of the molecule is CON=C(C(=O)N[C@@H]1C(=O)N2C(C(=O)O)=C(c3csnn3)CS[C@@H]12)c1csc(N)n1. The van der Waals surface area contributed by atoms with Crippen LogP contribution in [0, 0.1) is 0 Å². The Labute approximate surface area is 181 Å². The van der Waals surface area contributed by atoms with Gasteiger partial charge < -0.3 is 21.0 Å². The van der Waals surface area contributed by atoms with Crippen LogP contribution in [0.2, 0.25) is 0 Å². The van der Waals surface area contributed by atoms with Crippen LogP contribution in [-0.4, -0.2) is 72.4 Å². The highest BCUT2D eigenvalue weighted by Gasteiger charge is 2.54. The molecule has 4 rings (SSSR count). The van der Waals surface area contributed by atoms with Crippen LogP contribution in [0.25, 0.3) is 5.57 Å². The highest BCUT2D eigenvalue weighted by atomic mass is 32.2. The Balaban J connectivity index is 1.56. The molecule has 0 radical (unpaired) electrons. The molecule has 1 fully saturated rings. The molecule has 2 aliphatic heterocycles. The van der Waals surface area contributed by atoms with Crippen molar-refractivity contribution in [1.82, 2.24) is 24.8 Å². The second-order valence-corrected chi connectivity index (χ2v) is 8.58. The fourth-order valence-corrected chi connectivity index (χ4v) is 5.39. The van der Waals surface area contributed by atoms with E-state index in [2.05, 4.69) is 25.0 Å². The van der Waals surface area contributed by atoms with Crippen molar-refractivity contribution in [2.24, 2.45) is 5.16 Å². The highest BCUT2D eigenvalue weighted by Crippen LogP contribution is 2.43. The molecular formula is C15H13N7O5S3. The number of carboxylic acid groups (broad SMARTS) is 1. The molecule has 0 aromatic carbocycles. The molecule has 4 N–H and O–H groups in total. The van der Waals surface area contributed by atoms with Gasteiger partial charge in [-0.1, -0.05) is 9.64 Å². The van der Waals surface area contributed by atoms with Gasteiger partial charge in [-0.05, 0) is 11.5 Å². The molecule has 4 heterocycles. The number of nitrogens with two attached hydrogens (primary N) is 1. The third-order valence-electron chi connectivity index (χ3n) is 4.29. The number of carboxylic acids is 1. The average Bonchev–Trinajstić information content (AvgIpc) is 3.40. The van der Waals surface area contributed by atoms with Gasteiger partial charge in [-0.25, -0.2) is 9.78 Å². The first-order valence-corrected chi connectivity index (χ1v) is 11.0. The van der Waals surface area contributed by atoms with E-state index in [0.29, 0.717) is 17.0 Å². The lowest BCUT2D eigenvalue weighted by atomic mass is 10.0. The van der Waals surface area contributed by atoms with Crippen molar-refractivity contribution in [3.8, 4) is 0 Å². The zero-order valence-corrected chi connectivity index (χ0v) is 17.6. The molecular weight excluding hydrogens is 454 g/mol. The van der Waals surface area contributed by atoms with Gasteiger partial charge in [-0.3, -0.25) is 14.5 Å². The van der Waals surface area contributed by atoms with E-state index in [-0.39, 0.29) is 22.2 Å². The number of nitrogens with one attached hydrogen (secondary N) is 1. The largest absolute Gasteiger partial charge is 0.477 e. The van der Waals surface area contributed by atoms with Crippen LogP contribution in [0.3, 0.4) is 0 Å². The number of carbonyl (C=O) groups is 3. The first kappa shape index (κ1) is 20.2. The highest BCUT2D eigenvalue weighted by molar-refractivity contribution is 8.00. The molecule has 1 saturated heterocycles. The van der Waals surface area contributed by atoms with Gasteiger partial charge in [-0.15, -0.1) is 28.2 Å². The Kier molecular flexibility index (Phi) is 5.40. The van der Waals surface area contributed by atoms with Crippen LogP contribution in [0.5, 0.6) is 0 Å². The van der Waals surface area contributed by atoms with Crippen LogP contribution in [-0.2, 0) is 19.2 Å². The van der Waals surface area contributed by atoms with E-state index in [0.717, 1.165) is 27.8 Å². The molecule has 0 spiro atoms. The number of oxime groups is 1. The monoisotopic (exact) mass is 467 g/mol. The van der Waals surface area contributed by atoms with E-state index in [4.69, 9.17) is 10.6 Å². The van der Waals surface area contributed by atoms with Gasteiger partial charge >= 0.3 is 5.97 Å². The van der Waals surface area contributed by atoms with Crippen molar-refractivity contribution >= 4 is 68.8 Å². The molecule has 0 unspecified atom stereocenters. The molecule has 0 saturated carbocycles. The van der Waals surface area contributed by atoms with Gasteiger partial charge in [0.2, 0.25) is 0 Å². The second-order valence-electron chi connectivity index (χ2n) is 5.98. The minimum Gasteiger partial charge on any atom is -0.477 e. The normalized spacial score (nSPS) is 21.2. The Bertz CT molecular complexity index is 1080. The molecule has 2 aromatic rings. The van der Waals surface area contributed by atoms with Crippen LogP contribution in [0.1, 0.15) is 11.4 Å². The number of hydrogen-bond acceptors (Lipinski definition) is 12. The van der Waals surface area contributed by atoms with E-state index in [1.54, 1.807) is 5.38 Å². The number of aliphatic carboxylic acids is 1. The van der Waals surface area contributed by atoms with Gasteiger partial charge in [0.05, 0.1) is 0 Å². The first-order valence-electron chi connectivity index (χ1n) is 8.24. The Morgan fingerprint density at radius 1 is 1.43 bits per heavy atom. The van der Waals surface area contributed by atoms with E-state index in [9.17, 15) is 19.5 Å². The van der Waals surface area contributed by atoms with Gasteiger partial charge in [-0.2, -0.15) is 0 Å². The first-order chi connectivity index (χ1) is 14.4. The summed E-state index contributed by atoms with van der Waals surface area (Å²) < 4.78 is 3.75. The Morgan fingerprint density at radius 2 is 2.23 bits per heavy atom. The van der Waals surface area contributed by atoms with Gasteiger partial charge in [0.25, 0.3) is 11.8 Å². The molecule has 0 aliphatic carbocycles. The third kappa shape index (κ3) is 3.40. The molecule has 2 atom stereocenters. The maximum atomic E-state index is 12.7. The summed E-state index contributed by atoms with van der Waals surface area (Å²) in [7, 11) is 1.27. The minimum atomic E-state index is -1.25. The summed E-state index contributed by atoms with van der Waals surface area (Å²) in [5.41, 5.74) is 6.35. The number of hydrogen-bond donors (Lipinski definition) is 3. The summed E-state index contributed by atoms with van der Waals surface area (Å²) in [4.78, 5) is 47.2. The summed E-state index contributed by atoms with van der Waals surface area (Å²) >= 11 is 3.53. The van der Waals surface area contributed by atoms with E-state index in [1.807, 2.05) is 0 Å². The number of fused-ring (bicyclic) bond motifs is 1. The predicted octanol–water partition coefficient (Wildman–Crippen LogP) is -0.177. The maximum absolute atomic E-state index is 12.7. The molecule has 2 aliphatic rings. The number of β-lactam (4-membered cyclic amide) rings is 1. The van der Waals surface area contributed by atoms with Crippen molar-refractivity contribution in [2.75, 3.05) is 18.6 Å². The lowest BCUT2D eigenvalue weighted by Crippen LogP contribution is -2.71. The number of aromatic nitrogens is 3. The van der Waals surface area contributed by atoms with E-state index in [1.165, 1.54) is 24.3 Å². The number of nitrogens with zero attached hydrogens (tertiary/aromatic N) is 5. The van der Waals surface area contributed by atoms with Gasteiger partial charge in [0, 0.05) is 22.1 Å². The van der Waals surface area contributed by atoms with Crippen molar-refractivity contribution in [3.05, 3.63) is 27.8 Å².